The Kier molecular flexibility index (Phi) is 3.44. The number of aliphatic imine (C=N–C) groups is 1. The molecule has 2 aliphatic rings. The molecule has 2 heterocycles. The Hall–Kier alpha value is -1.90. The van der Waals surface area contributed by atoms with E-state index in [1.165, 1.54) is 36.0 Å². The second kappa shape index (κ2) is 5.14. The molecule has 1 fully saturated rings. The molecule has 1 aromatic carbocycles. The van der Waals surface area contributed by atoms with Crippen LogP contribution in [0, 0.1) is 0 Å². The summed E-state index contributed by atoms with van der Waals surface area (Å²) in [6, 6.07) is 5.50. The molecule has 0 spiro atoms. The number of thioether (sulfide) groups is 1. The Labute approximate surface area is 122 Å². The van der Waals surface area contributed by atoms with Gasteiger partial charge in [-0.15, -0.1) is 13.2 Å². The SMILES string of the molecule is O=C1CSC2=NCN(c3ccc(OC(F)(F)F)cc3)CN12. The zero-order valence-corrected chi connectivity index (χ0v) is 11.4. The van der Waals surface area contributed by atoms with Gasteiger partial charge in [0.2, 0.25) is 5.91 Å². The third-order valence-electron chi connectivity index (χ3n) is 2.98. The van der Waals surface area contributed by atoms with Crippen LogP contribution in [0.1, 0.15) is 0 Å². The van der Waals surface area contributed by atoms with E-state index < -0.39 is 6.36 Å². The number of amidine groups is 1. The van der Waals surface area contributed by atoms with Crippen molar-refractivity contribution < 1.29 is 22.7 Å². The van der Waals surface area contributed by atoms with E-state index in [-0.39, 0.29) is 11.7 Å². The van der Waals surface area contributed by atoms with Gasteiger partial charge in [-0.3, -0.25) is 9.69 Å². The highest BCUT2D eigenvalue weighted by molar-refractivity contribution is 8.15. The molecular weight excluding hydrogens is 307 g/mol. The molecule has 3 rings (SSSR count). The Bertz CT molecular complexity index is 588. The molecule has 0 atom stereocenters. The van der Waals surface area contributed by atoms with E-state index in [1.807, 2.05) is 0 Å². The number of alkyl halides is 3. The molecule has 1 saturated heterocycles. The third kappa shape index (κ3) is 3.07. The Morgan fingerprint density at radius 1 is 1.24 bits per heavy atom. The average Bonchev–Trinajstić information content (AvgIpc) is 2.79. The summed E-state index contributed by atoms with van der Waals surface area (Å²) in [5.41, 5.74) is 0.678. The minimum atomic E-state index is -4.70. The lowest BCUT2D eigenvalue weighted by atomic mass is 10.3. The molecule has 0 radical (unpaired) electrons. The van der Waals surface area contributed by atoms with E-state index in [4.69, 9.17) is 0 Å². The first kappa shape index (κ1) is 14.1. The maximum Gasteiger partial charge on any atom is 0.573 e. The van der Waals surface area contributed by atoms with Crippen LogP contribution in [0.4, 0.5) is 18.9 Å². The van der Waals surface area contributed by atoms with Crippen molar-refractivity contribution in [3.05, 3.63) is 24.3 Å². The number of amides is 1. The molecule has 0 bridgehead atoms. The highest BCUT2D eigenvalue weighted by atomic mass is 32.2. The number of halogens is 3. The van der Waals surface area contributed by atoms with Crippen LogP contribution in [0.15, 0.2) is 29.3 Å². The average molecular weight is 317 g/mol. The smallest absolute Gasteiger partial charge is 0.406 e. The molecule has 112 valence electrons. The fraction of sp³-hybridized carbons (Fsp3) is 0.333. The van der Waals surface area contributed by atoms with Crippen molar-refractivity contribution in [1.29, 1.82) is 0 Å². The molecule has 1 aromatic rings. The summed E-state index contributed by atoms with van der Waals surface area (Å²) in [5.74, 6) is 0.0890. The fourth-order valence-electron chi connectivity index (χ4n) is 2.04. The van der Waals surface area contributed by atoms with Crippen molar-refractivity contribution >= 4 is 28.5 Å². The molecule has 21 heavy (non-hydrogen) atoms. The van der Waals surface area contributed by atoms with E-state index in [1.54, 1.807) is 9.80 Å². The first-order chi connectivity index (χ1) is 9.92. The summed E-state index contributed by atoms with van der Waals surface area (Å²) in [6.45, 7) is 0.718. The number of hydrogen-bond acceptors (Lipinski definition) is 5. The van der Waals surface area contributed by atoms with Gasteiger partial charge in [0.15, 0.2) is 5.17 Å². The maximum absolute atomic E-state index is 12.1. The number of carbonyl (C=O) groups is 1. The number of nitrogens with zero attached hydrogens (tertiary/aromatic N) is 3. The molecule has 0 aromatic heterocycles. The van der Waals surface area contributed by atoms with Crippen molar-refractivity contribution in [1.82, 2.24) is 4.90 Å². The van der Waals surface area contributed by atoms with Crippen molar-refractivity contribution in [3.8, 4) is 5.75 Å². The Morgan fingerprint density at radius 2 is 1.95 bits per heavy atom. The first-order valence-corrected chi connectivity index (χ1v) is 6.99. The van der Waals surface area contributed by atoms with Gasteiger partial charge in [-0.05, 0) is 24.3 Å². The molecule has 5 nitrogen and oxygen atoms in total. The lowest BCUT2D eigenvalue weighted by Gasteiger charge is -2.32. The van der Waals surface area contributed by atoms with Gasteiger partial charge in [0.05, 0.1) is 5.75 Å². The summed E-state index contributed by atoms with van der Waals surface area (Å²) in [5, 5.41) is 0.702. The normalized spacial score (nSPS) is 18.6. The van der Waals surface area contributed by atoms with Crippen molar-refractivity contribution in [2.45, 2.75) is 6.36 Å². The standard InChI is InChI=1S/C12H10F3N3O2S/c13-12(14,15)20-9-3-1-8(2-4-9)17-6-16-11-18(7-17)10(19)5-21-11/h1-4H,5-7H2. The third-order valence-corrected chi connectivity index (χ3v) is 3.98. The van der Waals surface area contributed by atoms with Crippen LogP contribution in [0.2, 0.25) is 0 Å². The lowest BCUT2D eigenvalue weighted by molar-refractivity contribution is -0.274. The van der Waals surface area contributed by atoms with Gasteiger partial charge < -0.3 is 9.64 Å². The highest BCUT2D eigenvalue weighted by Gasteiger charge is 2.33. The molecular formula is C12H10F3N3O2S. The van der Waals surface area contributed by atoms with Crippen LogP contribution in [0.25, 0.3) is 0 Å². The summed E-state index contributed by atoms with van der Waals surface area (Å²) in [4.78, 5) is 19.3. The highest BCUT2D eigenvalue weighted by Crippen LogP contribution is 2.28. The number of ether oxygens (including phenoxy) is 1. The van der Waals surface area contributed by atoms with Crippen LogP contribution in [0.3, 0.4) is 0 Å². The van der Waals surface area contributed by atoms with Crippen LogP contribution in [-0.2, 0) is 4.79 Å². The molecule has 0 N–H and O–H groups in total. The predicted molar refractivity (Wildman–Crippen MR) is 72.1 cm³/mol. The van der Waals surface area contributed by atoms with Crippen LogP contribution in [-0.4, -0.2) is 41.4 Å². The zero-order valence-electron chi connectivity index (χ0n) is 10.6. The topological polar surface area (TPSA) is 45.1 Å². The minimum absolute atomic E-state index is 0.0134. The maximum atomic E-state index is 12.1. The van der Waals surface area contributed by atoms with Gasteiger partial charge in [0.1, 0.15) is 19.1 Å². The molecule has 2 aliphatic heterocycles. The largest absolute Gasteiger partial charge is 0.573 e. The Balaban J connectivity index is 1.72. The summed E-state index contributed by atoms with van der Waals surface area (Å²) in [7, 11) is 0. The molecule has 1 amide bonds. The number of rotatable bonds is 2. The van der Waals surface area contributed by atoms with E-state index in [0.717, 1.165) is 0 Å². The van der Waals surface area contributed by atoms with E-state index >= 15 is 0 Å². The molecule has 0 unspecified atom stereocenters. The van der Waals surface area contributed by atoms with Gasteiger partial charge >= 0.3 is 6.36 Å². The minimum Gasteiger partial charge on any atom is -0.406 e. The van der Waals surface area contributed by atoms with E-state index in [0.29, 0.717) is 29.9 Å². The summed E-state index contributed by atoms with van der Waals surface area (Å²) < 4.78 is 40.1. The number of fused-ring (bicyclic) bond motifs is 1. The molecule has 9 heteroatoms. The van der Waals surface area contributed by atoms with Crippen LogP contribution < -0.4 is 9.64 Å². The van der Waals surface area contributed by atoms with Gasteiger partial charge in [-0.25, -0.2) is 4.99 Å². The van der Waals surface area contributed by atoms with Crippen molar-refractivity contribution in [3.63, 3.8) is 0 Å². The van der Waals surface area contributed by atoms with Crippen molar-refractivity contribution in [2.24, 2.45) is 4.99 Å². The Morgan fingerprint density at radius 3 is 2.62 bits per heavy atom. The lowest BCUT2D eigenvalue weighted by Crippen LogP contribution is -2.45. The second-order valence-corrected chi connectivity index (χ2v) is 5.36. The first-order valence-electron chi connectivity index (χ1n) is 6.01. The van der Waals surface area contributed by atoms with Crippen LogP contribution >= 0.6 is 11.8 Å². The van der Waals surface area contributed by atoms with E-state index in [2.05, 4.69) is 9.73 Å². The second-order valence-electron chi connectivity index (χ2n) is 4.42. The number of anilines is 1. The number of carbonyl (C=O) groups excluding carboxylic acids is 1. The van der Waals surface area contributed by atoms with Crippen LogP contribution in [0.5, 0.6) is 5.75 Å². The van der Waals surface area contributed by atoms with Gasteiger partial charge in [-0.2, -0.15) is 0 Å². The molecule has 0 saturated carbocycles. The summed E-state index contributed by atoms with van der Waals surface area (Å²) in [6.07, 6.45) is -4.70. The number of hydrogen-bond donors (Lipinski definition) is 0. The van der Waals surface area contributed by atoms with E-state index in [9.17, 15) is 18.0 Å². The predicted octanol–water partition coefficient (Wildman–Crippen LogP) is 2.25. The monoisotopic (exact) mass is 317 g/mol. The van der Waals surface area contributed by atoms with Crippen molar-refractivity contribution in [2.75, 3.05) is 24.0 Å². The quantitative estimate of drug-likeness (QED) is 0.839. The van der Waals surface area contributed by atoms with Gasteiger partial charge in [0.25, 0.3) is 0 Å². The molecule has 0 aliphatic carbocycles. The summed E-state index contributed by atoms with van der Waals surface area (Å²) >= 11 is 1.40. The fourth-order valence-corrected chi connectivity index (χ4v) is 2.92. The van der Waals surface area contributed by atoms with Gasteiger partial charge in [0, 0.05) is 5.69 Å². The van der Waals surface area contributed by atoms with Gasteiger partial charge in [-0.1, -0.05) is 11.8 Å². The number of benzene rings is 1. The zero-order chi connectivity index (χ0) is 15.0.